The Morgan fingerprint density at radius 2 is 1.90 bits per heavy atom. The number of ether oxygens (including phenoxy) is 1. The van der Waals surface area contributed by atoms with Crippen LogP contribution < -0.4 is 4.90 Å². The first-order valence-corrected chi connectivity index (χ1v) is 7.14. The first-order valence-electron chi connectivity index (χ1n) is 7.14. The van der Waals surface area contributed by atoms with E-state index in [4.69, 9.17) is 4.74 Å². The lowest BCUT2D eigenvalue weighted by Crippen LogP contribution is -2.38. The van der Waals surface area contributed by atoms with Crippen LogP contribution >= 0.6 is 0 Å². The average Bonchev–Trinajstić information content (AvgIpc) is 2.45. The van der Waals surface area contributed by atoms with Crippen molar-refractivity contribution in [1.82, 2.24) is 9.97 Å². The molecule has 1 fully saturated rings. The van der Waals surface area contributed by atoms with Crippen molar-refractivity contribution in [3.05, 3.63) is 18.5 Å². The van der Waals surface area contributed by atoms with Crippen LogP contribution in [-0.2, 0) is 9.53 Å². The maximum absolute atomic E-state index is 12.0. The van der Waals surface area contributed by atoms with Gasteiger partial charge in [-0.05, 0) is 24.3 Å². The molecule has 0 radical (unpaired) electrons. The van der Waals surface area contributed by atoms with E-state index in [9.17, 15) is 4.79 Å². The summed E-state index contributed by atoms with van der Waals surface area (Å²) in [5.74, 6) is 0.694. The van der Waals surface area contributed by atoms with E-state index >= 15 is 0 Å². The molecule has 0 atom stereocenters. The molecule has 0 saturated carbocycles. The van der Waals surface area contributed by atoms with Crippen molar-refractivity contribution in [1.29, 1.82) is 0 Å². The Hall–Kier alpha value is -1.65. The Kier molecular flexibility index (Phi) is 4.57. The van der Waals surface area contributed by atoms with Crippen LogP contribution in [0.25, 0.3) is 0 Å². The maximum atomic E-state index is 12.0. The zero-order valence-corrected chi connectivity index (χ0v) is 12.5. The van der Waals surface area contributed by atoms with Crippen molar-refractivity contribution in [3.63, 3.8) is 0 Å². The molecule has 1 aromatic rings. The van der Waals surface area contributed by atoms with Crippen molar-refractivity contribution in [2.75, 3.05) is 24.6 Å². The highest BCUT2D eigenvalue weighted by Gasteiger charge is 2.28. The molecule has 0 N–H and O–H groups in total. The third-order valence-electron chi connectivity index (χ3n) is 3.31. The standard InChI is InChI=1S/C15H23N3O2/c1-15(2,3)11-20-13(19)12-5-9-18(10-6-12)14-16-7-4-8-17-14/h4,7-8,12H,5-6,9-11H2,1-3H3. The number of carbonyl (C=O) groups excluding carboxylic acids is 1. The van der Waals surface area contributed by atoms with E-state index in [1.54, 1.807) is 18.5 Å². The van der Waals surface area contributed by atoms with Gasteiger partial charge in [-0.3, -0.25) is 4.79 Å². The summed E-state index contributed by atoms with van der Waals surface area (Å²) in [4.78, 5) is 22.6. The SMILES string of the molecule is CC(C)(C)COC(=O)C1CCN(c2ncccn2)CC1. The Morgan fingerprint density at radius 3 is 2.45 bits per heavy atom. The third kappa shape index (κ3) is 4.18. The van der Waals surface area contributed by atoms with Gasteiger partial charge in [-0.1, -0.05) is 20.8 Å². The van der Waals surface area contributed by atoms with E-state index in [1.807, 2.05) is 0 Å². The number of anilines is 1. The minimum atomic E-state index is -0.0615. The Balaban J connectivity index is 1.81. The van der Waals surface area contributed by atoms with E-state index in [-0.39, 0.29) is 17.3 Å². The number of aromatic nitrogens is 2. The van der Waals surface area contributed by atoms with E-state index in [1.165, 1.54) is 0 Å². The second kappa shape index (κ2) is 6.20. The summed E-state index contributed by atoms with van der Waals surface area (Å²) in [7, 11) is 0. The van der Waals surface area contributed by atoms with Gasteiger partial charge < -0.3 is 9.64 Å². The molecule has 1 saturated heterocycles. The highest BCUT2D eigenvalue weighted by atomic mass is 16.5. The highest BCUT2D eigenvalue weighted by molar-refractivity contribution is 5.72. The summed E-state index contributed by atoms with van der Waals surface area (Å²) in [6, 6.07) is 1.81. The quantitative estimate of drug-likeness (QED) is 0.793. The smallest absolute Gasteiger partial charge is 0.309 e. The maximum Gasteiger partial charge on any atom is 0.309 e. The lowest BCUT2D eigenvalue weighted by molar-refractivity contribution is -0.152. The number of nitrogens with zero attached hydrogens (tertiary/aromatic N) is 3. The van der Waals surface area contributed by atoms with Crippen molar-refractivity contribution in [3.8, 4) is 0 Å². The minimum Gasteiger partial charge on any atom is -0.465 e. The second-order valence-corrected chi connectivity index (χ2v) is 6.48. The third-order valence-corrected chi connectivity index (χ3v) is 3.31. The van der Waals surface area contributed by atoms with Crippen LogP contribution in [0.15, 0.2) is 18.5 Å². The van der Waals surface area contributed by atoms with Gasteiger partial charge in [0.2, 0.25) is 5.95 Å². The summed E-state index contributed by atoms with van der Waals surface area (Å²) in [5.41, 5.74) is 0.0221. The number of esters is 1. The summed E-state index contributed by atoms with van der Waals surface area (Å²) in [6.07, 6.45) is 5.10. The van der Waals surface area contributed by atoms with Gasteiger partial charge in [0.1, 0.15) is 0 Å². The van der Waals surface area contributed by atoms with Crippen LogP contribution in [-0.4, -0.2) is 35.6 Å². The number of hydrogen-bond donors (Lipinski definition) is 0. The monoisotopic (exact) mass is 277 g/mol. The fourth-order valence-electron chi connectivity index (χ4n) is 2.18. The summed E-state index contributed by atoms with van der Waals surface area (Å²) < 4.78 is 5.40. The lowest BCUT2D eigenvalue weighted by Gasteiger charge is -2.31. The molecule has 20 heavy (non-hydrogen) atoms. The van der Waals surface area contributed by atoms with Crippen LogP contribution in [0.5, 0.6) is 0 Å². The van der Waals surface area contributed by atoms with Crippen molar-refractivity contribution >= 4 is 11.9 Å². The zero-order chi connectivity index (χ0) is 14.6. The van der Waals surface area contributed by atoms with Crippen molar-refractivity contribution in [2.45, 2.75) is 33.6 Å². The summed E-state index contributed by atoms with van der Waals surface area (Å²) in [5, 5.41) is 0. The van der Waals surface area contributed by atoms with Crippen molar-refractivity contribution in [2.24, 2.45) is 11.3 Å². The summed E-state index contributed by atoms with van der Waals surface area (Å²) in [6.45, 7) is 8.29. The predicted molar refractivity (Wildman–Crippen MR) is 77.4 cm³/mol. The Bertz CT molecular complexity index is 434. The molecule has 0 amide bonds. The van der Waals surface area contributed by atoms with Crippen LogP contribution in [0, 0.1) is 11.3 Å². The molecule has 0 unspecified atom stereocenters. The fourth-order valence-corrected chi connectivity index (χ4v) is 2.18. The molecule has 0 spiro atoms. The second-order valence-electron chi connectivity index (χ2n) is 6.48. The first kappa shape index (κ1) is 14.8. The van der Waals surface area contributed by atoms with Crippen molar-refractivity contribution < 1.29 is 9.53 Å². The molecule has 5 nitrogen and oxygen atoms in total. The van der Waals surface area contributed by atoms with Gasteiger partial charge in [0.15, 0.2) is 0 Å². The zero-order valence-electron chi connectivity index (χ0n) is 12.5. The molecule has 0 aliphatic carbocycles. The largest absolute Gasteiger partial charge is 0.465 e. The van der Waals surface area contributed by atoms with Gasteiger partial charge in [0, 0.05) is 25.5 Å². The minimum absolute atomic E-state index is 0.0114. The molecule has 0 aromatic carbocycles. The number of rotatable bonds is 3. The molecular formula is C15H23N3O2. The Labute approximate surface area is 120 Å². The normalized spacial score (nSPS) is 17.1. The van der Waals surface area contributed by atoms with E-state index in [2.05, 4.69) is 35.6 Å². The van der Waals surface area contributed by atoms with Crippen LogP contribution in [0.3, 0.4) is 0 Å². The predicted octanol–water partition coefficient (Wildman–Crippen LogP) is 2.28. The van der Waals surface area contributed by atoms with Gasteiger partial charge >= 0.3 is 5.97 Å². The fraction of sp³-hybridized carbons (Fsp3) is 0.667. The van der Waals surface area contributed by atoms with E-state index in [0.717, 1.165) is 31.9 Å². The van der Waals surface area contributed by atoms with Gasteiger partial charge in [-0.25, -0.2) is 9.97 Å². The lowest BCUT2D eigenvalue weighted by atomic mass is 9.96. The molecule has 5 heteroatoms. The Morgan fingerprint density at radius 1 is 1.30 bits per heavy atom. The molecular weight excluding hydrogens is 254 g/mol. The van der Waals surface area contributed by atoms with Gasteiger partial charge in [0.25, 0.3) is 0 Å². The molecule has 2 heterocycles. The number of hydrogen-bond acceptors (Lipinski definition) is 5. The van der Waals surface area contributed by atoms with Gasteiger partial charge in [-0.15, -0.1) is 0 Å². The number of carbonyl (C=O) groups is 1. The molecule has 110 valence electrons. The van der Waals surface area contributed by atoms with Crippen LogP contribution in [0.2, 0.25) is 0 Å². The first-order chi connectivity index (χ1) is 9.46. The topological polar surface area (TPSA) is 55.3 Å². The summed E-state index contributed by atoms with van der Waals surface area (Å²) >= 11 is 0. The van der Waals surface area contributed by atoms with Crippen LogP contribution in [0.4, 0.5) is 5.95 Å². The van der Waals surface area contributed by atoms with E-state index in [0.29, 0.717) is 6.61 Å². The highest BCUT2D eigenvalue weighted by Crippen LogP contribution is 2.22. The van der Waals surface area contributed by atoms with Crippen LogP contribution in [0.1, 0.15) is 33.6 Å². The molecule has 0 bridgehead atoms. The molecule has 2 rings (SSSR count). The molecule has 1 aromatic heterocycles. The molecule has 1 aliphatic rings. The average molecular weight is 277 g/mol. The van der Waals surface area contributed by atoms with Gasteiger partial charge in [0.05, 0.1) is 12.5 Å². The molecule has 1 aliphatic heterocycles. The van der Waals surface area contributed by atoms with E-state index < -0.39 is 0 Å². The number of piperidine rings is 1. The van der Waals surface area contributed by atoms with Gasteiger partial charge in [-0.2, -0.15) is 0 Å².